The molecule has 0 saturated heterocycles. The summed E-state index contributed by atoms with van der Waals surface area (Å²) in [6, 6.07) is 11.0. The maximum atomic E-state index is 12.8. The third-order valence-electron chi connectivity index (χ3n) is 5.20. The van der Waals surface area contributed by atoms with Crippen LogP contribution in [0.1, 0.15) is 30.0 Å². The Balaban J connectivity index is 1.83. The Bertz CT molecular complexity index is 1060. The highest BCUT2D eigenvalue weighted by molar-refractivity contribution is 6.30. The molecule has 2 heterocycles. The molecule has 1 unspecified atom stereocenters. The summed E-state index contributed by atoms with van der Waals surface area (Å²) in [6.45, 7) is 5.68. The molecule has 0 bridgehead atoms. The first kappa shape index (κ1) is 19.3. The van der Waals surface area contributed by atoms with Gasteiger partial charge in [-0.1, -0.05) is 28.9 Å². The molecule has 1 atom stereocenters. The molecule has 0 N–H and O–H groups in total. The zero-order valence-corrected chi connectivity index (χ0v) is 17.4. The molecular weight excluding hydrogens is 392 g/mol. The number of carbonyl (C=O) groups is 1. The highest BCUT2D eigenvalue weighted by Gasteiger charge is 2.32. The fourth-order valence-corrected chi connectivity index (χ4v) is 3.87. The number of carbonyl (C=O) groups excluding carboxylic acids is 1. The summed E-state index contributed by atoms with van der Waals surface area (Å²) in [6.07, 6.45) is 0. The van der Waals surface area contributed by atoms with Gasteiger partial charge in [-0.15, -0.1) is 0 Å². The third-order valence-corrected chi connectivity index (χ3v) is 5.45. The zero-order chi connectivity index (χ0) is 20.7. The number of methoxy groups -OCH3 is 1. The van der Waals surface area contributed by atoms with Crippen LogP contribution in [0.2, 0.25) is 5.02 Å². The maximum Gasteiger partial charge on any atom is 0.265 e. The van der Waals surface area contributed by atoms with Crippen LogP contribution in [0.3, 0.4) is 0 Å². The molecule has 1 aliphatic rings. The Morgan fingerprint density at radius 3 is 2.55 bits per heavy atom. The number of aryl methyl sites for hydroxylation is 2. The van der Waals surface area contributed by atoms with E-state index in [1.165, 1.54) is 0 Å². The number of aromatic nitrogens is 1. The molecule has 1 aliphatic heterocycles. The minimum absolute atomic E-state index is 0.0295. The van der Waals surface area contributed by atoms with E-state index in [0.29, 0.717) is 28.0 Å². The van der Waals surface area contributed by atoms with Crippen LogP contribution in [-0.2, 0) is 4.79 Å². The van der Waals surface area contributed by atoms with E-state index in [1.54, 1.807) is 12.0 Å². The summed E-state index contributed by atoms with van der Waals surface area (Å²) in [5.41, 5.74) is 4.08. The first-order chi connectivity index (χ1) is 13.9. The summed E-state index contributed by atoms with van der Waals surface area (Å²) >= 11 is 6.01. The monoisotopic (exact) mass is 412 g/mol. The first-order valence-electron chi connectivity index (χ1n) is 9.26. The Morgan fingerprint density at radius 2 is 1.93 bits per heavy atom. The van der Waals surface area contributed by atoms with Crippen LogP contribution in [0.4, 0.5) is 5.69 Å². The quantitative estimate of drug-likeness (QED) is 0.596. The lowest BCUT2D eigenvalue weighted by atomic mass is 9.99. The normalized spacial score (nSPS) is 14.4. The summed E-state index contributed by atoms with van der Waals surface area (Å²) < 4.78 is 16.7. The summed E-state index contributed by atoms with van der Waals surface area (Å²) in [7, 11) is 1.60. The number of hydrogen-bond donors (Lipinski definition) is 0. The molecule has 150 valence electrons. The fourth-order valence-electron chi connectivity index (χ4n) is 3.74. The van der Waals surface area contributed by atoms with E-state index in [1.807, 2.05) is 57.2 Å². The van der Waals surface area contributed by atoms with Crippen molar-refractivity contribution in [1.29, 1.82) is 0 Å². The van der Waals surface area contributed by atoms with Crippen LogP contribution in [0.15, 0.2) is 40.9 Å². The van der Waals surface area contributed by atoms with Crippen molar-refractivity contribution >= 4 is 23.2 Å². The van der Waals surface area contributed by atoms with Crippen LogP contribution in [0, 0.1) is 13.8 Å². The molecule has 2 aromatic carbocycles. The van der Waals surface area contributed by atoms with Crippen molar-refractivity contribution < 1.29 is 18.8 Å². The molecule has 0 radical (unpaired) electrons. The second kappa shape index (κ2) is 7.44. The Labute approximate surface area is 174 Å². The molecule has 6 nitrogen and oxygen atoms in total. The van der Waals surface area contributed by atoms with Gasteiger partial charge in [-0.25, -0.2) is 0 Å². The number of nitrogens with zero attached hydrogens (tertiary/aromatic N) is 2. The lowest BCUT2D eigenvalue weighted by Crippen LogP contribution is -2.40. The van der Waals surface area contributed by atoms with Crippen LogP contribution in [0.5, 0.6) is 11.5 Å². The predicted molar refractivity (Wildman–Crippen MR) is 111 cm³/mol. The van der Waals surface area contributed by atoms with E-state index >= 15 is 0 Å². The zero-order valence-electron chi connectivity index (χ0n) is 16.7. The van der Waals surface area contributed by atoms with Crippen molar-refractivity contribution in [2.24, 2.45) is 0 Å². The minimum atomic E-state index is -0.197. The van der Waals surface area contributed by atoms with E-state index in [9.17, 15) is 4.79 Å². The summed E-state index contributed by atoms with van der Waals surface area (Å²) in [5.74, 6) is 1.80. The van der Waals surface area contributed by atoms with Gasteiger partial charge in [0, 0.05) is 16.7 Å². The number of ether oxygens (including phenoxy) is 2. The standard InChI is InChI=1S/C22H21ClN2O4/c1-12-22(14(3)29-24-12)17-9-20-18(10-19(17)27-4)25(21(26)11-28-20)13(2)15-5-7-16(23)8-6-15/h5-10,13H,11H2,1-4H3. The smallest absolute Gasteiger partial charge is 0.265 e. The maximum absolute atomic E-state index is 12.8. The highest BCUT2D eigenvalue weighted by atomic mass is 35.5. The van der Waals surface area contributed by atoms with Crippen LogP contribution < -0.4 is 14.4 Å². The van der Waals surface area contributed by atoms with E-state index in [2.05, 4.69) is 5.16 Å². The van der Waals surface area contributed by atoms with Crippen LogP contribution in [-0.4, -0.2) is 24.8 Å². The van der Waals surface area contributed by atoms with Gasteiger partial charge in [0.05, 0.1) is 30.1 Å². The average Bonchev–Trinajstić information content (AvgIpc) is 3.05. The second-order valence-corrected chi connectivity index (χ2v) is 7.44. The van der Waals surface area contributed by atoms with E-state index in [0.717, 1.165) is 22.4 Å². The first-order valence-corrected chi connectivity index (χ1v) is 9.64. The second-order valence-electron chi connectivity index (χ2n) is 7.00. The third kappa shape index (κ3) is 3.34. The van der Waals surface area contributed by atoms with E-state index in [4.69, 9.17) is 25.6 Å². The summed E-state index contributed by atoms with van der Waals surface area (Å²) in [5, 5.41) is 4.69. The van der Waals surface area contributed by atoms with Gasteiger partial charge in [0.25, 0.3) is 5.91 Å². The van der Waals surface area contributed by atoms with Gasteiger partial charge in [-0.3, -0.25) is 9.69 Å². The molecule has 0 fully saturated rings. The molecule has 29 heavy (non-hydrogen) atoms. The lowest BCUT2D eigenvalue weighted by Gasteiger charge is -2.35. The number of benzene rings is 2. The van der Waals surface area contributed by atoms with Gasteiger partial charge in [0.1, 0.15) is 17.3 Å². The van der Waals surface area contributed by atoms with Gasteiger partial charge in [-0.05, 0) is 44.5 Å². The molecule has 4 rings (SSSR count). The van der Waals surface area contributed by atoms with Crippen LogP contribution in [0.25, 0.3) is 11.1 Å². The van der Waals surface area contributed by atoms with Crippen molar-refractivity contribution in [3.63, 3.8) is 0 Å². The molecular formula is C22H21ClN2O4. The molecule has 0 spiro atoms. The molecule has 0 aliphatic carbocycles. The molecule has 3 aromatic rings. The van der Waals surface area contributed by atoms with Gasteiger partial charge >= 0.3 is 0 Å². The molecule has 7 heteroatoms. The number of anilines is 1. The van der Waals surface area contributed by atoms with Crippen LogP contribution >= 0.6 is 11.6 Å². The molecule has 0 saturated carbocycles. The Kier molecular flexibility index (Phi) is 4.96. The van der Waals surface area contributed by atoms with Gasteiger partial charge in [0.15, 0.2) is 6.61 Å². The largest absolute Gasteiger partial charge is 0.496 e. The SMILES string of the molecule is COc1cc2c(cc1-c1c(C)noc1C)OCC(=O)N2C(C)c1ccc(Cl)cc1. The van der Waals surface area contributed by atoms with E-state index < -0.39 is 0 Å². The van der Waals surface area contributed by atoms with Gasteiger partial charge < -0.3 is 14.0 Å². The van der Waals surface area contributed by atoms with E-state index in [-0.39, 0.29) is 18.6 Å². The Hall–Kier alpha value is -2.99. The lowest BCUT2D eigenvalue weighted by molar-refractivity contribution is -0.121. The average molecular weight is 413 g/mol. The number of amides is 1. The topological polar surface area (TPSA) is 64.8 Å². The minimum Gasteiger partial charge on any atom is -0.496 e. The number of fused-ring (bicyclic) bond motifs is 1. The fraction of sp³-hybridized carbons (Fsp3) is 0.273. The van der Waals surface area contributed by atoms with Crippen molar-refractivity contribution in [2.75, 3.05) is 18.6 Å². The van der Waals surface area contributed by atoms with Crippen molar-refractivity contribution in [3.05, 3.63) is 58.4 Å². The number of rotatable bonds is 4. The van der Waals surface area contributed by atoms with Gasteiger partial charge in [0.2, 0.25) is 0 Å². The van der Waals surface area contributed by atoms with Crippen molar-refractivity contribution in [1.82, 2.24) is 5.16 Å². The Morgan fingerprint density at radius 1 is 1.21 bits per heavy atom. The summed E-state index contributed by atoms with van der Waals surface area (Å²) in [4.78, 5) is 14.5. The van der Waals surface area contributed by atoms with Gasteiger partial charge in [-0.2, -0.15) is 0 Å². The molecule has 1 aromatic heterocycles. The van der Waals surface area contributed by atoms with Crippen molar-refractivity contribution in [2.45, 2.75) is 26.8 Å². The van der Waals surface area contributed by atoms with Crippen molar-refractivity contribution in [3.8, 4) is 22.6 Å². The number of halogens is 1. The number of hydrogen-bond acceptors (Lipinski definition) is 5. The predicted octanol–water partition coefficient (Wildman–Crippen LogP) is 5.11. The molecule has 1 amide bonds. The highest BCUT2D eigenvalue weighted by Crippen LogP contribution is 2.46.